The quantitative estimate of drug-likeness (QED) is 0.152. The monoisotopic (exact) mass is 734 g/mol. The summed E-state index contributed by atoms with van der Waals surface area (Å²) in [4.78, 5) is 80.7. The Morgan fingerprint density at radius 1 is 0.902 bits per heavy atom. The number of thiazole rings is 2. The van der Waals surface area contributed by atoms with Crippen LogP contribution in [-0.4, -0.2) is 100 Å². The van der Waals surface area contributed by atoms with Crippen LogP contribution >= 0.6 is 22.7 Å². The predicted octanol–water partition coefficient (Wildman–Crippen LogP) is 2.89. The summed E-state index contributed by atoms with van der Waals surface area (Å²) in [6, 6.07) is -1.81. The minimum absolute atomic E-state index is 0.0452. The number of amides is 4. The number of fused-ring (bicyclic) bond motifs is 1. The predicted molar refractivity (Wildman–Crippen MR) is 191 cm³/mol. The van der Waals surface area contributed by atoms with Gasteiger partial charge >= 0.3 is 0 Å². The number of H-pyrrole nitrogens is 2. The van der Waals surface area contributed by atoms with Gasteiger partial charge in [-0.1, -0.05) is 50.4 Å². The SMILES string of the molecule is CC(=O)N[C@H](C(=O)N1CCCC1c1nc(-c2nc3sc(C#Cc4cnc([C@@H]5CCCN5C(=O)[C@@H](NC(=O)CO)C(C)C)[nH]4)nc3s2)c[nH]1)C(C)C. The van der Waals surface area contributed by atoms with Crippen molar-refractivity contribution in [3.63, 3.8) is 0 Å². The van der Waals surface area contributed by atoms with Crippen molar-refractivity contribution >= 4 is 56.0 Å². The number of aliphatic hydroxyl groups is 1. The van der Waals surface area contributed by atoms with Gasteiger partial charge in [-0.15, -0.1) is 0 Å². The molecule has 0 aliphatic carbocycles. The average Bonchev–Trinajstić information content (AvgIpc) is 3.93. The Hall–Kier alpha value is -4.66. The molecule has 0 saturated carbocycles. The third-order valence-corrected chi connectivity index (χ3v) is 11.0. The molecule has 5 N–H and O–H groups in total. The topological polar surface area (TPSA) is 202 Å². The maximum atomic E-state index is 13.4. The first kappa shape index (κ1) is 36.1. The van der Waals surface area contributed by atoms with Crippen LogP contribution < -0.4 is 10.6 Å². The summed E-state index contributed by atoms with van der Waals surface area (Å²) in [6.45, 7) is 9.46. The van der Waals surface area contributed by atoms with Gasteiger partial charge in [0.25, 0.3) is 0 Å². The fourth-order valence-corrected chi connectivity index (χ4v) is 8.42. The second-order valence-corrected chi connectivity index (χ2v) is 15.5. The van der Waals surface area contributed by atoms with Crippen molar-refractivity contribution < 1.29 is 24.3 Å². The van der Waals surface area contributed by atoms with Gasteiger partial charge in [0.1, 0.15) is 46.7 Å². The number of hydrogen-bond donors (Lipinski definition) is 5. The van der Waals surface area contributed by atoms with Crippen molar-refractivity contribution in [3.05, 3.63) is 34.7 Å². The van der Waals surface area contributed by atoms with E-state index in [0.29, 0.717) is 46.1 Å². The molecule has 4 aromatic rings. The number of rotatable bonds is 10. The van der Waals surface area contributed by atoms with Gasteiger partial charge in [-0.05, 0) is 49.4 Å². The van der Waals surface area contributed by atoms with Gasteiger partial charge in [-0.2, -0.15) is 0 Å². The van der Waals surface area contributed by atoms with Crippen molar-refractivity contribution in [2.24, 2.45) is 11.8 Å². The van der Waals surface area contributed by atoms with E-state index in [9.17, 15) is 24.3 Å². The largest absolute Gasteiger partial charge is 0.387 e. The molecule has 1 unspecified atom stereocenters. The number of hydrogen-bond acceptors (Lipinski definition) is 11. The van der Waals surface area contributed by atoms with Crippen LogP contribution in [0.4, 0.5) is 0 Å². The summed E-state index contributed by atoms with van der Waals surface area (Å²) in [6.07, 6.45) is 6.60. The minimum Gasteiger partial charge on any atom is -0.387 e. The van der Waals surface area contributed by atoms with Gasteiger partial charge in [0.15, 0.2) is 14.7 Å². The smallest absolute Gasteiger partial charge is 0.246 e. The fraction of sp³-hybridized carbons (Fsp3) is 0.529. The first-order valence-electron chi connectivity index (χ1n) is 17.1. The Morgan fingerprint density at radius 2 is 1.53 bits per heavy atom. The number of nitrogens with one attached hydrogen (secondary N) is 4. The fourth-order valence-electron chi connectivity index (χ4n) is 6.56. The van der Waals surface area contributed by atoms with Crippen LogP contribution in [0.25, 0.3) is 20.4 Å². The molecule has 51 heavy (non-hydrogen) atoms. The molecule has 4 amide bonds. The third-order valence-electron chi connectivity index (χ3n) is 9.08. The number of aromatic nitrogens is 6. The average molecular weight is 735 g/mol. The lowest BCUT2D eigenvalue weighted by molar-refractivity contribution is -0.139. The number of likely N-dealkylation sites (tertiary alicyclic amines) is 2. The van der Waals surface area contributed by atoms with Crippen LogP contribution in [0.5, 0.6) is 0 Å². The van der Waals surface area contributed by atoms with Crippen molar-refractivity contribution in [1.29, 1.82) is 0 Å². The molecule has 6 heterocycles. The van der Waals surface area contributed by atoms with Crippen molar-refractivity contribution in [2.75, 3.05) is 19.7 Å². The molecule has 17 heteroatoms. The van der Waals surface area contributed by atoms with Gasteiger partial charge in [0.05, 0.1) is 18.3 Å². The zero-order valence-corrected chi connectivity index (χ0v) is 30.8. The molecule has 6 rings (SSSR count). The second-order valence-electron chi connectivity index (χ2n) is 13.5. The molecule has 4 aromatic heterocycles. The molecule has 2 saturated heterocycles. The molecule has 2 aliphatic heterocycles. The summed E-state index contributed by atoms with van der Waals surface area (Å²) in [5, 5.41) is 15.9. The van der Waals surface area contributed by atoms with E-state index >= 15 is 0 Å². The first-order valence-corrected chi connectivity index (χ1v) is 18.7. The Bertz CT molecular complexity index is 1950. The molecule has 2 aliphatic rings. The number of carbonyl (C=O) groups excluding carboxylic acids is 4. The van der Waals surface area contributed by atoms with Crippen LogP contribution in [-0.2, 0) is 19.2 Å². The molecule has 270 valence electrons. The number of carbonyl (C=O) groups is 4. The zero-order valence-electron chi connectivity index (χ0n) is 29.1. The maximum Gasteiger partial charge on any atom is 0.246 e. The highest BCUT2D eigenvalue weighted by Gasteiger charge is 2.38. The standard InChI is InChI=1S/C34H42N10O5S2/c1-17(2)26(37-19(5)46)33(48)44-13-7-9-23(44)29-36-15-21(39-29)30-42-32-31(51-30)41-25(50-32)11-10-20-14-35-28(38-20)22-8-6-12-43(22)34(49)27(18(3)4)40-24(47)16-45/h14-15,17-18,22-23,26-27,45H,6-9,12-13,16H2,1-5H3,(H,35,38)(H,36,39)(H,37,46)(H,40,47)/t22-,23?,26-,27-/m0/s1. The molecule has 4 atom stereocenters. The van der Waals surface area contributed by atoms with Gasteiger partial charge in [0.2, 0.25) is 23.6 Å². The minimum atomic E-state index is -0.740. The van der Waals surface area contributed by atoms with E-state index in [-0.39, 0.29) is 41.6 Å². The maximum absolute atomic E-state index is 13.4. The number of nitrogens with zero attached hydrogens (tertiary/aromatic N) is 6. The van der Waals surface area contributed by atoms with Crippen molar-refractivity contribution in [3.8, 4) is 22.5 Å². The number of aromatic amines is 2. The molecule has 15 nitrogen and oxygen atoms in total. The summed E-state index contributed by atoms with van der Waals surface area (Å²) in [5.41, 5.74) is 1.26. The van der Waals surface area contributed by atoms with E-state index < -0.39 is 24.6 Å². The lowest BCUT2D eigenvalue weighted by Crippen LogP contribution is -2.51. The highest BCUT2D eigenvalue weighted by atomic mass is 32.1. The van der Waals surface area contributed by atoms with Crippen LogP contribution in [0.2, 0.25) is 0 Å². The Kier molecular flexibility index (Phi) is 10.8. The lowest BCUT2D eigenvalue weighted by atomic mass is 10.0. The normalized spacial score (nSPS) is 18.7. The molecule has 2 fully saturated rings. The van der Waals surface area contributed by atoms with Gasteiger partial charge in [-0.3, -0.25) is 19.2 Å². The Balaban J connectivity index is 1.12. The van der Waals surface area contributed by atoms with E-state index in [2.05, 4.69) is 42.4 Å². The summed E-state index contributed by atoms with van der Waals surface area (Å²) in [7, 11) is 0. The van der Waals surface area contributed by atoms with E-state index in [1.807, 2.05) is 32.6 Å². The van der Waals surface area contributed by atoms with Gasteiger partial charge < -0.3 is 35.5 Å². The van der Waals surface area contributed by atoms with Crippen LogP contribution in [0.3, 0.4) is 0 Å². The Labute approximate surface area is 303 Å². The number of imidazole rings is 2. The molecule has 0 aromatic carbocycles. The second kappa shape index (κ2) is 15.3. The molecular weight excluding hydrogens is 693 g/mol. The number of aliphatic hydroxyl groups excluding tert-OH is 1. The Morgan fingerprint density at radius 3 is 2.14 bits per heavy atom. The van der Waals surface area contributed by atoms with E-state index in [4.69, 9.17) is 9.97 Å². The van der Waals surface area contributed by atoms with Crippen LogP contribution in [0, 0.1) is 23.7 Å². The zero-order chi connectivity index (χ0) is 36.4. The van der Waals surface area contributed by atoms with E-state index in [1.165, 1.54) is 29.6 Å². The molecule has 0 bridgehead atoms. The van der Waals surface area contributed by atoms with E-state index in [0.717, 1.165) is 35.3 Å². The van der Waals surface area contributed by atoms with Gasteiger partial charge in [0, 0.05) is 26.2 Å². The molecule has 0 spiro atoms. The summed E-state index contributed by atoms with van der Waals surface area (Å²) < 4.78 is 0. The highest BCUT2D eigenvalue weighted by Crippen LogP contribution is 2.36. The first-order chi connectivity index (χ1) is 24.4. The lowest BCUT2D eigenvalue weighted by Gasteiger charge is -2.30. The van der Waals surface area contributed by atoms with Gasteiger partial charge in [-0.25, -0.2) is 19.9 Å². The van der Waals surface area contributed by atoms with Crippen molar-refractivity contribution in [2.45, 2.75) is 84.5 Å². The third kappa shape index (κ3) is 7.82. The summed E-state index contributed by atoms with van der Waals surface area (Å²) >= 11 is 2.79. The molecular formula is C34H42N10O5S2. The van der Waals surface area contributed by atoms with Crippen LogP contribution in [0.1, 0.15) is 94.7 Å². The highest BCUT2D eigenvalue weighted by molar-refractivity contribution is 7.28. The molecule has 0 radical (unpaired) electrons. The summed E-state index contributed by atoms with van der Waals surface area (Å²) in [5.74, 6) is 6.19. The van der Waals surface area contributed by atoms with Crippen LogP contribution in [0.15, 0.2) is 12.4 Å². The van der Waals surface area contributed by atoms with E-state index in [1.54, 1.807) is 17.3 Å². The van der Waals surface area contributed by atoms with Crippen molar-refractivity contribution in [1.82, 2.24) is 50.3 Å².